The fourth-order valence-electron chi connectivity index (χ4n) is 0.544. The van der Waals surface area contributed by atoms with Crippen molar-refractivity contribution in [3.05, 3.63) is 17.0 Å². The summed E-state index contributed by atoms with van der Waals surface area (Å²) in [6.07, 6.45) is 1.47. The Morgan fingerprint density at radius 2 is 2.42 bits per heavy atom. The van der Waals surface area contributed by atoms with Gasteiger partial charge in [-0.05, 0) is 13.8 Å². The van der Waals surface area contributed by atoms with Crippen molar-refractivity contribution < 1.29 is 4.84 Å². The van der Waals surface area contributed by atoms with E-state index in [2.05, 4.69) is 15.1 Å². The largest absolute Gasteiger partial charge is 0.339 e. The quantitative estimate of drug-likeness (QED) is 0.433. The third-order valence-corrected chi connectivity index (χ3v) is 1.20. The number of aromatic amines is 1. The Morgan fingerprint density at radius 3 is 3.00 bits per heavy atom. The molecule has 0 radical (unpaired) electrons. The molecule has 12 heavy (non-hydrogen) atoms. The predicted molar refractivity (Wildman–Crippen MR) is 48.8 cm³/mol. The van der Waals surface area contributed by atoms with Gasteiger partial charge < -0.3 is 9.82 Å². The average Bonchev–Trinajstić information content (AvgIpc) is 2.01. The molecule has 0 spiro atoms. The second-order valence-electron chi connectivity index (χ2n) is 2.38. The van der Waals surface area contributed by atoms with Gasteiger partial charge in [-0.25, -0.2) is 4.98 Å². The fourth-order valence-corrected chi connectivity index (χ4v) is 0.704. The van der Waals surface area contributed by atoms with Crippen LogP contribution in [0.15, 0.2) is 17.5 Å². The topological polar surface area (TPSA) is 50.3 Å². The van der Waals surface area contributed by atoms with Gasteiger partial charge in [0.15, 0.2) is 0 Å². The minimum absolute atomic E-state index is 0.479. The third-order valence-electron chi connectivity index (χ3n) is 0.980. The highest BCUT2D eigenvalue weighted by Crippen LogP contribution is 2.03. The van der Waals surface area contributed by atoms with Gasteiger partial charge in [0.2, 0.25) is 5.88 Å². The first-order valence-corrected chi connectivity index (χ1v) is 3.82. The lowest BCUT2D eigenvalue weighted by molar-refractivity contribution is 0.326. The van der Waals surface area contributed by atoms with Gasteiger partial charge in [0, 0.05) is 6.07 Å². The summed E-state index contributed by atoms with van der Waals surface area (Å²) in [6.45, 7) is 3.69. The first kappa shape index (κ1) is 8.86. The van der Waals surface area contributed by atoms with Crippen LogP contribution < -0.4 is 4.84 Å². The van der Waals surface area contributed by atoms with Gasteiger partial charge in [-0.2, -0.15) is 0 Å². The van der Waals surface area contributed by atoms with Gasteiger partial charge in [-0.15, -0.1) is 0 Å². The molecular weight excluding hydrogens is 174 g/mol. The summed E-state index contributed by atoms with van der Waals surface area (Å²) in [4.78, 5) is 11.5. The van der Waals surface area contributed by atoms with E-state index in [1.54, 1.807) is 6.07 Å². The Hall–Kier alpha value is -1.23. The highest BCUT2D eigenvalue weighted by Gasteiger charge is 1.90. The molecule has 1 N–H and O–H groups in total. The van der Waals surface area contributed by atoms with Crippen molar-refractivity contribution in [3.63, 3.8) is 0 Å². The van der Waals surface area contributed by atoms with Crippen LogP contribution in [-0.2, 0) is 0 Å². The highest BCUT2D eigenvalue weighted by atomic mass is 32.1. The molecule has 0 unspecified atom stereocenters. The molecule has 1 rings (SSSR count). The number of nitrogens with zero attached hydrogens (tertiary/aromatic N) is 2. The van der Waals surface area contributed by atoms with Crippen LogP contribution in [0.1, 0.15) is 13.8 Å². The Bertz CT molecular complexity index is 341. The van der Waals surface area contributed by atoms with E-state index in [9.17, 15) is 0 Å². The monoisotopic (exact) mass is 183 g/mol. The van der Waals surface area contributed by atoms with Gasteiger partial charge >= 0.3 is 0 Å². The van der Waals surface area contributed by atoms with Crippen LogP contribution in [0.5, 0.6) is 5.88 Å². The molecule has 0 atom stereocenters. The van der Waals surface area contributed by atoms with Crippen LogP contribution >= 0.6 is 12.2 Å². The number of hydrogen-bond acceptors (Lipinski definition) is 4. The molecule has 0 aliphatic rings. The van der Waals surface area contributed by atoms with Crippen molar-refractivity contribution in [2.24, 2.45) is 5.16 Å². The number of aromatic nitrogens is 2. The molecule has 1 aromatic rings. The van der Waals surface area contributed by atoms with Gasteiger partial charge in [0.25, 0.3) is 0 Å². The maximum Gasteiger partial charge on any atom is 0.231 e. The van der Waals surface area contributed by atoms with E-state index < -0.39 is 0 Å². The summed E-state index contributed by atoms with van der Waals surface area (Å²) in [5, 5.41) is 3.75. The van der Waals surface area contributed by atoms with E-state index >= 15 is 0 Å². The Kier molecular flexibility index (Phi) is 2.93. The molecule has 64 valence electrons. The molecule has 0 saturated heterocycles. The number of H-pyrrole nitrogens is 1. The van der Waals surface area contributed by atoms with Crippen LogP contribution in [0.2, 0.25) is 0 Å². The molecule has 1 aromatic heterocycles. The third kappa shape index (κ3) is 2.79. The Morgan fingerprint density at radius 1 is 1.67 bits per heavy atom. The molecular formula is C7H9N3OS. The SMILES string of the molecule is CC(C)=NOc1cc(=S)nc[nH]1. The zero-order valence-corrected chi connectivity index (χ0v) is 7.68. The molecule has 0 bridgehead atoms. The zero-order valence-electron chi connectivity index (χ0n) is 6.87. The molecule has 0 fully saturated rings. The average molecular weight is 183 g/mol. The van der Waals surface area contributed by atoms with Crippen molar-refractivity contribution in [3.8, 4) is 5.88 Å². The summed E-state index contributed by atoms with van der Waals surface area (Å²) >= 11 is 4.82. The van der Waals surface area contributed by atoms with Crippen LogP contribution in [-0.4, -0.2) is 15.7 Å². The lowest BCUT2D eigenvalue weighted by Gasteiger charge is -1.96. The molecule has 4 nitrogen and oxygen atoms in total. The van der Waals surface area contributed by atoms with Crippen molar-refractivity contribution in [1.29, 1.82) is 0 Å². The van der Waals surface area contributed by atoms with Crippen LogP contribution in [0.25, 0.3) is 0 Å². The van der Waals surface area contributed by atoms with E-state index in [4.69, 9.17) is 17.1 Å². The molecule has 0 amide bonds. The van der Waals surface area contributed by atoms with Gasteiger partial charge in [-0.3, -0.25) is 0 Å². The normalized spacial score (nSPS) is 9.17. The molecule has 1 heterocycles. The van der Waals surface area contributed by atoms with Crippen molar-refractivity contribution in [2.75, 3.05) is 0 Å². The van der Waals surface area contributed by atoms with Crippen molar-refractivity contribution in [1.82, 2.24) is 9.97 Å². The van der Waals surface area contributed by atoms with Gasteiger partial charge in [0.1, 0.15) is 4.64 Å². The minimum Gasteiger partial charge on any atom is -0.339 e. The molecule has 0 aliphatic heterocycles. The Labute approximate surface area is 75.3 Å². The molecule has 5 heteroatoms. The summed E-state index contributed by atoms with van der Waals surface area (Å²) in [5.41, 5.74) is 0.839. The van der Waals surface area contributed by atoms with Crippen LogP contribution in [0, 0.1) is 4.64 Å². The lowest BCUT2D eigenvalue weighted by Crippen LogP contribution is -1.91. The molecule has 0 aliphatic carbocycles. The summed E-state index contributed by atoms with van der Waals surface area (Å²) in [6, 6.07) is 1.60. The van der Waals surface area contributed by atoms with E-state index in [-0.39, 0.29) is 0 Å². The first-order valence-electron chi connectivity index (χ1n) is 3.41. The minimum atomic E-state index is 0.479. The van der Waals surface area contributed by atoms with Crippen LogP contribution in [0.3, 0.4) is 0 Å². The van der Waals surface area contributed by atoms with Gasteiger partial charge in [0.05, 0.1) is 12.0 Å². The Balaban J connectivity index is 2.77. The van der Waals surface area contributed by atoms with E-state index in [0.29, 0.717) is 10.5 Å². The second kappa shape index (κ2) is 3.96. The molecule has 0 saturated carbocycles. The number of rotatable bonds is 2. The standard InChI is InChI=1S/C7H9N3OS/c1-5(2)10-11-6-3-7(12)9-4-8-6/h3-4H,1-2H3,(H,8,9,12). The molecule has 0 aromatic carbocycles. The van der Waals surface area contributed by atoms with E-state index in [1.165, 1.54) is 6.33 Å². The lowest BCUT2D eigenvalue weighted by atomic mass is 10.5. The van der Waals surface area contributed by atoms with Crippen molar-refractivity contribution >= 4 is 17.9 Å². The summed E-state index contributed by atoms with van der Waals surface area (Å²) < 4.78 is 0.479. The number of hydrogen-bond donors (Lipinski definition) is 1. The highest BCUT2D eigenvalue weighted by molar-refractivity contribution is 7.71. The smallest absolute Gasteiger partial charge is 0.231 e. The summed E-state index contributed by atoms with van der Waals surface area (Å²) in [5.74, 6) is 0.496. The predicted octanol–water partition coefficient (Wildman–Crippen LogP) is 1.91. The second-order valence-corrected chi connectivity index (χ2v) is 2.80. The fraction of sp³-hybridized carbons (Fsp3) is 0.286. The maximum atomic E-state index is 4.97. The van der Waals surface area contributed by atoms with Crippen LogP contribution in [0.4, 0.5) is 0 Å². The first-order chi connectivity index (χ1) is 5.68. The van der Waals surface area contributed by atoms with E-state index in [0.717, 1.165) is 5.71 Å². The number of nitrogens with one attached hydrogen (secondary N) is 1. The maximum absolute atomic E-state index is 4.97. The summed E-state index contributed by atoms with van der Waals surface area (Å²) in [7, 11) is 0. The van der Waals surface area contributed by atoms with E-state index in [1.807, 2.05) is 13.8 Å². The zero-order chi connectivity index (χ0) is 8.97. The van der Waals surface area contributed by atoms with Crippen molar-refractivity contribution in [2.45, 2.75) is 13.8 Å². The van der Waals surface area contributed by atoms with Gasteiger partial charge in [-0.1, -0.05) is 17.4 Å². The number of oxime groups is 1.